The number of carbonyl (C=O) groups excluding carboxylic acids is 1. The van der Waals surface area contributed by atoms with E-state index in [0.29, 0.717) is 12.0 Å². The predicted molar refractivity (Wildman–Crippen MR) is 136 cm³/mol. The summed E-state index contributed by atoms with van der Waals surface area (Å²) in [4.78, 5) is 27.8. The Balaban J connectivity index is 1.50. The zero-order chi connectivity index (χ0) is 23.3. The number of hydrogen-bond acceptors (Lipinski definition) is 5. The highest BCUT2D eigenvalue weighted by Gasteiger charge is 2.15. The van der Waals surface area contributed by atoms with Crippen LogP contribution in [-0.4, -0.2) is 52.6 Å². The van der Waals surface area contributed by atoms with Gasteiger partial charge in [0.05, 0.1) is 23.8 Å². The molecular formula is C28H30N4O2. The van der Waals surface area contributed by atoms with Crippen molar-refractivity contribution in [2.75, 3.05) is 26.7 Å². The molecule has 0 unspecified atom stereocenters. The van der Waals surface area contributed by atoms with Crippen molar-refractivity contribution in [3.8, 4) is 0 Å². The van der Waals surface area contributed by atoms with Crippen molar-refractivity contribution in [2.45, 2.75) is 32.1 Å². The summed E-state index contributed by atoms with van der Waals surface area (Å²) >= 11 is 0. The van der Waals surface area contributed by atoms with Gasteiger partial charge in [0.15, 0.2) is 0 Å². The lowest BCUT2D eigenvalue weighted by molar-refractivity contribution is 0.0601. The van der Waals surface area contributed by atoms with Crippen molar-refractivity contribution in [3.63, 3.8) is 0 Å². The molecular weight excluding hydrogens is 424 g/mol. The molecule has 1 aliphatic heterocycles. The molecule has 2 aromatic carbocycles. The molecule has 0 bridgehead atoms. The van der Waals surface area contributed by atoms with E-state index in [1.807, 2.05) is 30.3 Å². The molecule has 0 spiro atoms. The van der Waals surface area contributed by atoms with Gasteiger partial charge in [0.1, 0.15) is 11.5 Å². The first kappa shape index (κ1) is 22.3. The van der Waals surface area contributed by atoms with E-state index in [-0.39, 0.29) is 5.97 Å². The number of H-pyrrole nitrogens is 1. The molecule has 0 aliphatic carbocycles. The lowest BCUT2D eigenvalue weighted by Crippen LogP contribution is -2.30. The first-order valence-electron chi connectivity index (χ1n) is 12.0. The van der Waals surface area contributed by atoms with Gasteiger partial charge >= 0.3 is 5.97 Å². The Morgan fingerprint density at radius 1 is 1.09 bits per heavy atom. The number of nitrogens with one attached hydrogen (secondary N) is 1. The van der Waals surface area contributed by atoms with Crippen molar-refractivity contribution in [1.82, 2.24) is 19.9 Å². The molecule has 0 atom stereocenters. The van der Waals surface area contributed by atoms with E-state index in [2.05, 4.69) is 34.2 Å². The molecule has 6 heteroatoms. The third kappa shape index (κ3) is 4.87. The zero-order valence-electron chi connectivity index (χ0n) is 19.6. The van der Waals surface area contributed by atoms with E-state index in [1.165, 1.54) is 45.0 Å². The fraction of sp³-hybridized carbons (Fsp3) is 0.321. The normalized spacial score (nSPS) is 14.9. The van der Waals surface area contributed by atoms with Gasteiger partial charge in [0.2, 0.25) is 0 Å². The minimum atomic E-state index is -0.353. The number of carbonyl (C=O) groups is 1. The lowest BCUT2D eigenvalue weighted by atomic mass is 10.1. The molecule has 1 N–H and O–H groups in total. The van der Waals surface area contributed by atoms with E-state index < -0.39 is 0 Å². The smallest absolute Gasteiger partial charge is 0.337 e. The van der Waals surface area contributed by atoms with Crippen molar-refractivity contribution in [1.29, 1.82) is 0 Å². The van der Waals surface area contributed by atoms with Crippen LogP contribution in [0.25, 0.3) is 28.0 Å². The number of aromatic nitrogens is 3. The fourth-order valence-corrected chi connectivity index (χ4v) is 4.73. The number of nitrogens with zero attached hydrogens (tertiary/aromatic N) is 3. The van der Waals surface area contributed by atoms with Crippen LogP contribution in [0.4, 0.5) is 0 Å². The SMILES string of the molecule is COC(=O)c1ccc2c(c1)[nH]c1nc(Cc3ccccc3)nc(C=CCCN3CCCCC3)c12. The van der Waals surface area contributed by atoms with E-state index in [4.69, 9.17) is 14.7 Å². The molecule has 0 amide bonds. The molecule has 0 saturated carbocycles. The quantitative estimate of drug-likeness (QED) is 0.380. The van der Waals surface area contributed by atoms with Gasteiger partial charge in [-0.2, -0.15) is 0 Å². The van der Waals surface area contributed by atoms with Crippen molar-refractivity contribution in [2.24, 2.45) is 0 Å². The molecule has 6 nitrogen and oxygen atoms in total. The second kappa shape index (κ2) is 10.2. The molecule has 0 radical (unpaired) electrons. The summed E-state index contributed by atoms with van der Waals surface area (Å²) in [5.41, 5.74) is 4.23. The number of rotatable bonds is 7. The van der Waals surface area contributed by atoms with E-state index in [9.17, 15) is 4.79 Å². The number of aromatic amines is 1. The maximum absolute atomic E-state index is 12.0. The summed E-state index contributed by atoms with van der Waals surface area (Å²) in [7, 11) is 1.39. The average molecular weight is 455 g/mol. The van der Waals surface area contributed by atoms with Crippen molar-refractivity contribution < 1.29 is 9.53 Å². The average Bonchev–Trinajstić information content (AvgIpc) is 3.25. The molecule has 2 aromatic heterocycles. The van der Waals surface area contributed by atoms with Gasteiger partial charge in [-0.15, -0.1) is 0 Å². The topological polar surface area (TPSA) is 71.1 Å². The summed E-state index contributed by atoms with van der Waals surface area (Å²) in [5.74, 6) is 0.420. The summed E-state index contributed by atoms with van der Waals surface area (Å²) in [5, 5.41) is 1.99. The van der Waals surface area contributed by atoms with E-state index in [1.54, 1.807) is 6.07 Å². The number of methoxy groups -OCH3 is 1. The van der Waals surface area contributed by atoms with Gasteiger partial charge in [-0.3, -0.25) is 0 Å². The van der Waals surface area contributed by atoms with Crippen LogP contribution in [0.2, 0.25) is 0 Å². The Bertz CT molecular complexity index is 1320. The van der Waals surface area contributed by atoms with Crippen molar-refractivity contribution >= 4 is 34.0 Å². The maximum Gasteiger partial charge on any atom is 0.337 e. The number of likely N-dealkylation sites (tertiary alicyclic amines) is 1. The van der Waals surface area contributed by atoms with Crippen LogP contribution in [0.15, 0.2) is 54.6 Å². The van der Waals surface area contributed by atoms with Crippen LogP contribution in [0, 0.1) is 0 Å². The number of benzene rings is 2. The van der Waals surface area contributed by atoms with Crippen LogP contribution >= 0.6 is 0 Å². The first-order chi connectivity index (χ1) is 16.7. The molecule has 1 aliphatic rings. The lowest BCUT2D eigenvalue weighted by Gasteiger charge is -2.25. The third-order valence-electron chi connectivity index (χ3n) is 6.49. The van der Waals surface area contributed by atoms with Crippen LogP contribution in [0.1, 0.15) is 53.1 Å². The molecule has 1 fully saturated rings. The maximum atomic E-state index is 12.0. The van der Waals surface area contributed by atoms with Gasteiger partial charge in [0, 0.05) is 23.9 Å². The molecule has 3 heterocycles. The highest BCUT2D eigenvalue weighted by molar-refractivity contribution is 6.10. The summed E-state index contributed by atoms with van der Waals surface area (Å²) in [6.45, 7) is 3.49. The molecule has 5 rings (SSSR count). The monoisotopic (exact) mass is 454 g/mol. The summed E-state index contributed by atoms with van der Waals surface area (Å²) in [6, 6.07) is 15.8. The second-order valence-corrected chi connectivity index (χ2v) is 8.88. The van der Waals surface area contributed by atoms with Crippen molar-refractivity contribution in [3.05, 3.63) is 77.3 Å². The molecule has 174 valence electrons. The number of hydrogen-bond donors (Lipinski definition) is 1. The van der Waals surface area contributed by atoms with Crippen LogP contribution in [0.3, 0.4) is 0 Å². The summed E-state index contributed by atoms with van der Waals surface area (Å²) in [6.07, 6.45) is 9.98. The second-order valence-electron chi connectivity index (χ2n) is 8.88. The van der Waals surface area contributed by atoms with E-state index >= 15 is 0 Å². The highest BCUT2D eigenvalue weighted by Crippen LogP contribution is 2.29. The van der Waals surface area contributed by atoms with Gasteiger partial charge in [-0.25, -0.2) is 14.8 Å². The van der Waals surface area contributed by atoms with Crippen LogP contribution in [0.5, 0.6) is 0 Å². The minimum absolute atomic E-state index is 0.353. The Morgan fingerprint density at radius 2 is 1.91 bits per heavy atom. The fourth-order valence-electron chi connectivity index (χ4n) is 4.73. The van der Waals surface area contributed by atoms with Gasteiger partial charge < -0.3 is 14.6 Å². The Kier molecular flexibility index (Phi) is 6.67. The number of ether oxygens (including phenoxy) is 1. The van der Waals surface area contributed by atoms with E-state index in [0.717, 1.165) is 46.4 Å². The zero-order valence-corrected chi connectivity index (χ0v) is 19.6. The Labute approximate surface area is 199 Å². The highest BCUT2D eigenvalue weighted by atomic mass is 16.5. The standard InChI is InChI=1S/C28H30N4O2/c1-34-28(33)21-13-14-22-24(19-21)30-27-26(22)23(12-6-9-17-32-15-7-3-8-16-32)29-25(31-27)18-20-10-4-2-5-11-20/h2,4-6,10-14,19H,3,7-9,15-18H2,1H3,(H,29,30,31). The van der Waals surface area contributed by atoms with Crippen LogP contribution < -0.4 is 0 Å². The summed E-state index contributed by atoms with van der Waals surface area (Å²) < 4.78 is 4.89. The van der Waals surface area contributed by atoms with Gasteiger partial charge in [-0.05, 0) is 56.1 Å². The third-order valence-corrected chi connectivity index (χ3v) is 6.49. The number of fused-ring (bicyclic) bond motifs is 3. The molecule has 4 aromatic rings. The van der Waals surface area contributed by atoms with Gasteiger partial charge in [0.25, 0.3) is 0 Å². The Morgan fingerprint density at radius 3 is 2.71 bits per heavy atom. The first-order valence-corrected chi connectivity index (χ1v) is 12.0. The largest absolute Gasteiger partial charge is 0.465 e. The predicted octanol–water partition coefficient (Wildman–Crippen LogP) is 5.38. The Hall–Kier alpha value is -3.51. The molecule has 1 saturated heterocycles. The van der Waals surface area contributed by atoms with Gasteiger partial charge in [-0.1, -0.05) is 48.9 Å². The van der Waals surface area contributed by atoms with Crippen LogP contribution in [-0.2, 0) is 11.2 Å². The number of esters is 1. The molecule has 34 heavy (non-hydrogen) atoms. The minimum Gasteiger partial charge on any atom is -0.465 e. The number of piperidine rings is 1.